The number of carboxylic acids is 1. The zero-order chi connectivity index (χ0) is 25.3. The number of aliphatic carboxylic acids is 1. The number of nitrogens with one attached hydrogen (secondary N) is 3. The van der Waals surface area contributed by atoms with E-state index in [1.807, 2.05) is 60.7 Å². The summed E-state index contributed by atoms with van der Waals surface area (Å²) in [6.07, 6.45) is 0.641. The van der Waals surface area contributed by atoms with Gasteiger partial charge in [-0.2, -0.15) is 0 Å². The van der Waals surface area contributed by atoms with Crippen LogP contribution in [0.2, 0.25) is 0 Å². The number of amides is 2. The molecule has 2 atom stereocenters. The normalized spacial score (nSPS) is 11.7. The summed E-state index contributed by atoms with van der Waals surface area (Å²) >= 11 is 0. The minimum atomic E-state index is -1.10. The van der Waals surface area contributed by atoms with Crippen molar-refractivity contribution in [3.8, 4) is 0 Å². The molecule has 0 spiro atoms. The van der Waals surface area contributed by atoms with Crippen LogP contribution in [0.1, 0.15) is 24.0 Å². The third-order valence-corrected chi connectivity index (χ3v) is 4.46. The fourth-order valence-corrected chi connectivity index (χ4v) is 2.64. The van der Waals surface area contributed by atoms with Gasteiger partial charge in [0.1, 0.15) is 12.6 Å². The van der Waals surface area contributed by atoms with Crippen LogP contribution >= 0.6 is 0 Å². The third-order valence-electron chi connectivity index (χ3n) is 4.46. The number of primary amides is 1. The second kappa shape index (κ2) is 15.6. The second-order valence-corrected chi connectivity index (χ2v) is 7.28. The SMILES string of the molecule is N=C(N)NCCC[C@H](N)C(N)=O.O=C(N[C@@H](Cc1ccccc1)C(=O)O)OCc1ccccc1. The van der Waals surface area contributed by atoms with Gasteiger partial charge in [0, 0.05) is 13.0 Å². The van der Waals surface area contributed by atoms with E-state index in [4.69, 9.17) is 27.3 Å². The molecule has 0 unspecified atom stereocenters. The fourth-order valence-electron chi connectivity index (χ4n) is 2.64. The lowest BCUT2D eigenvalue weighted by Gasteiger charge is -2.14. The summed E-state index contributed by atoms with van der Waals surface area (Å²) in [6, 6.07) is 16.7. The van der Waals surface area contributed by atoms with Crippen molar-refractivity contribution >= 4 is 23.9 Å². The van der Waals surface area contributed by atoms with Gasteiger partial charge in [0.05, 0.1) is 6.04 Å². The van der Waals surface area contributed by atoms with Crippen molar-refractivity contribution in [3.63, 3.8) is 0 Å². The topological polar surface area (TPSA) is 207 Å². The molecule has 0 aromatic heterocycles. The summed E-state index contributed by atoms with van der Waals surface area (Å²) in [5.74, 6) is -1.68. The van der Waals surface area contributed by atoms with Gasteiger partial charge in [0.15, 0.2) is 5.96 Å². The first-order valence-electron chi connectivity index (χ1n) is 10.6. The number of carboxylic acid groups (broad SMARTS) is 1. The van der Waals surface area contributed by atoms with Crippen molar-refractivity contribution in [2.45, 2.75) is 38.0 Å². The average Bonchev–Trinajstić information content (AvgIpc) is 2.81. The van der Waals surface area contributed by atoms with Gasteiger partial charge in [-0.3, -0.25) is 10.2 Å². The lowest BCUT2D eigenvalue weighted by Crippen LogP contribution is -2.42. The van der Waals surface area contributed by atoms with E-state index in [0.717, 1.165) is 11.1 Å². The Morgan fingerprint density at radius 1 is 0.971 bits per heavy atom. The zero-order valence-corrected chi connectivity index (χ0v) is 18.8. The van der Waals surface area contributed by atoms with E-state index >= 15 is 0 Å². The predicted molar refractivity (Wildman–Crippen MR) is 128 cm³/mol. The number of carbonyl (C=O) groups excluding carboxylic acids is 2. The van der Waals surface area contributed by atoms with Crippen LogP contribution in [0.5, 0.6) is 0 Å². The first-order chi connectivity index (χ1) is 16.2. The molecule has 0 aliphatic rings. The van der Waals surface area contributed by atoms with Crippen LogP contribution in [0.15, 0.2) is 60.7 Å². The first-order valence-corrected chi connectivity index (χ1v) is 10.6. The van der Waals surface area contributed by atoms with Crippen molar-refractivity contribution in [2.24, 2.45) is 17.2 Å². The molecule has 0 aliphatic heterocycles. The largest absolute Gasteiger partial charge is 0.480 e. The number of nitrogens with two attached hydrogens (primary N) is 3. The first kappa shape index (κ1) is 27.9. The van der Waals surface area contributed by atoms with Crippen molar-refractivity contribution in [2.75, 3.05) is 6.54 Å². The Hall–Kier alpha value is -4.12. The molecule has 0 fully saturated rings. The van der Waals surface area contributed by atoms with Gasteiger partial charge in [-0.05, 0) is 24.0 Å². The molecule has 10 N–H and O–H groups in total. The Morgan fingerprint density at radius 2 is 1.53 bits per heavy atom. The molecule has 0 saturated heterocycles. The highest BCUT2D eigenvalue weighted by atomic mass is 16.5. The molecule has 0 bridgehead atoms. The fraction of sp³-hybridized carbons (Fsp3) is 0.304. The Morgan fingerprint density at radius 3 is 2.03 bits per heavy atom. The summed E-state index contributed by atoms with van der Waals surface area (Å²) in [6.45, 7) is 0.640. The number of ether oxygens (including phenoxy) is 1. The molecule has 2 aromatic carbocycles. The molecule has 2 rings (SSSR count). The zero-order valence-electron chi connectivity index (χ0n) is 18.8. The number of hydrogen-bond acceptors (Lipinski definition) is 6. The van der Waals surface area contributed by atoms with E-state index < -0.39 is 30.1 Å². The summed E-state index contributed by atoms with van der Waals surface area (Å²) in [5, 5.41) is 21.0. The van der Waals surface area contributed by atoms with Gasteiger partial charge in [0.2, 0.25) is 5.91 Å². The molecule has 0 saturated carbocycles. The smallest absolute Gasteiger partial charge is 0.408 e. The number of guanidine groups is 1. The quantitative estimate of drug-likeness (QED) is 0.140. The van der Waals surface area contributed by atoms with E-state index in [1.165, 1.54) is 0 Å². The molecule has 2 amide bonds. The molecule has 11 heteroatoms. The van der Waals surface area contributed by atoms with E-state index in [-0.39, 0.29) is 19.0 Å². The highest BCUT2D eigenvalue weighted by molar-refractivity contribution is 5.80. The van der Waals surface area contributed by atoms with Gasteiger partial charge in [-0.25, -0.2) is 9.59 Å². The average molecular weight is 473 g/mol. The Bertz CT molecular complexity index is 911. The molecule has 0 aliphatic carbocycles. The van der Waals surface area contributed by atoms with E-state index in [9.17, 15) is 19.5 Å². The molecule has 0 heterocycles. The van der Waals surface area contributed by atoms with Crippen LogP contribution in [0.3, 0.4) is 0 Å². The van der Waals surface area contributed by atoms with Crippen LogP contribution in [0, 0.1) is 5.41 Å². The van der Waals surface area contributed by atoms with Crippen LogP contribution < -0.4 is 27.8 Å². The number of carbonyl (C=O) groups is 3. The third kappa shape index (κ3) is 12.7. The highest BCUT2D eigenvalue weighted by Crippen LogP contribution is 2.05. The molecular weight excluding hydrogens is 440 g/mol. The molecule has 11 nitrogen and oxygen atoms in total. The summed E-state index contributed by atoms with van der Waals surface area (Å²) in [5.41, 5.74) is 17.0. The van der Waals surface area contributed by atoms with Crippen molar-refractivity contribution in [1.82, 2.24) is 10.6 Å². The molecule has 34 heavy (non-hydrogen) atoms. The molecular formula is C23H32N6O5. The van der Waals surface area contributed by atoms with Gasteiger partial charge in [-0.15, -0.1) is 0 Å². The summed E-state index contributed by atoms with van der Waals surface area (Å²) in [4.78, 5) is 33.4. The monoisotopic (exact) mass is 472 g/mol. The standard InChI is InChI=1S/C17H17NO4.C6H15N5O/c19-16(20)15(11-13-7-3-1-4-8-13)18-17(21)22-12-14-9-5-2-6-10-14;7-4(5(8)12)2-1-3-11-6(9)10/h1-10,15H,11-12H2,(H,18,21)(H,19,20);4H,1-3,7H2,(H2,8,12)(H4,9,10,11)/t15-;4-/m00/s1. The van der Waals surface area contributed by atoms with E-state index in [1.54, 1.807) is 0 Å². The summed E-state index contributed by atoms with van der Waals surface area (Å²) < 4.78 is 5.03. The van der Waals surface area contributed by atoms with Crippen molar-refractivity contribution in [1.29, 1.82) is 5.41 Å². The Kier molecular flexibility index (Phi) is 12.8. The number of alkyl carbamates (subject to hydrolysis) is 1. The van der Waals surface area contributed by atoms with Gasteiger partial charge in [-0.1, -0.05) is 60.7 Å². The Balaban J connectivity index is 0.000000411. The van der Waals surface area contributed by atoms with Crippen molar-refractivity contribution < 1.29 is 24.2 Å². The number of hydrogen-bond donors (Lipinski definition) is 7. The van der Waals surface area contributed by atoms with E-state index in [0.29, 0.717) is 19.4 Å². The second-order valence-electron chi connectivity index (χ2n) is 7.28. The Labute approximate surface area is 198 Å². The van der Waals surface area contributed by atoms with Crippen LogP contribution in [-0.2, 0) is 27.4 Å². The lowest BCUT2D eigenvalue weighted by molar-refractivity contribution is -0.139. The lowest BCUT2D eigenvalue weighted by atomic mass is 10.1. The number of benzene rings is 2. The maximum Gasteiger partial charge on any atom is 0.408 e. The maximum atomic E-state index is 11.7. The van der Waals surface area contributed by atoms with Crippen LogP contribution in [0.4, 0.5) is 4.79 Å². The maximum absolute atomic E-state index is 11.7. The van der Waals surface area contributed by atoms with Crippen LogP contribution in [-0.4, -0.2) is 47.7 Å². The predicted octanol–water partition coefficient (Wildman–Crippen LogP) is 0.671. The van der Waals surface area contributed by atoms with Crippen LogP contribution in [0.25, 0.3) is 0 Å². The van der Waals surface area contributed by atoms with Crippen molar-refractivity contribution in [3.05, 3.63) is 71.8 Å². The number of rotatable bonds is 11. The minimum absolute atomic E-state index is 0.0809. The highest BCUT2D eigenvalue weighted by Gasteiger charge is 2.21. The van der Waals surface area contributed by atoms with Gasteiger partial charge < -0.3 is 37.7 Å². The molecule has 184 valence electrons. The van der Waals surface area contributed by atoms with Gasteiger partial charge in [0.25, 0.3) is 0 Å². The minimum Gasteiger partial charge on any atom is -0.480 e. The molecule has 2 aromatic rings. The summed E-state index contributed by atoms with van der Waals surface area (Å²) in [7, 11) is 0. The van der Waals surface area contributed by atoms with Gasteiger partial charge >= 0.3 is 12.1 Å². The van der Waals surface area contributed by atoms with E-state index in [2.05, 4.69) is 10.6 Å². The molecule has 0 radical (unpaired) electrons.